The molecule has 0 aromatic carbocycles. The average molecular weight is 309 g/mol. The maximum atomic E-state index is 13.6. The summed E-state index contributed by atoms with van der Waals surface area (Å²) in [4.78, 5) is 23.7. The van der Waals surface area contributed by atoms with Crippen LogP contribution in [0.3, 0.4) is 0 Å². The van der Waals surface area contributed by atoms with Crippen LogP contribution in [-0.2, 0) is 9.53 Å². The van der Waals surface area contributed by atoms with Crippen molar-refractivity contribution >= 4 is 12.1 Å². The van der Waals surface area contributed by atoms with E-state index in [-0.39, 0.29) is 19.5 Å². The van der Waals surface area contributed by atoms with Crippen LogP contribution in [0, 0.1) is 0 Å². The molecule has 1 atom stereocenters. The molecule has 8 heteroatoms. The highest BCUT2D eigenvalue weighted by atomic mass is 19.3. The third kappa shape index (κ3) is 4.03. The van der Waals surface area contributed by atoms with Gasteiger partial charge in [-0.15, -0.1) is 0 Å². The number of amides is 1. The zero-order chi connectivity index (χ0) is 16.5. The molecule has 1 aliphatic rings. The topological polar surface area (TPSA) is 87.1 Å². The highest BCUT2D eigenvalue weighted by molar-refractivity contribution is 5.77. The number of carbonyl (C=O) groups excluding carboxylic acids is 1. The molecule has 122 valence electrons. The van der Waals surface area contributed by atoms with E-state index in [1.54, 1.807) is 20.8 Å². The van der Waals surface area contributed by atoms with Gasteiger partial charge in [0.1, 0.15) is 11.2 Å². The Morgan fingerprint density at radius 1 is 1.19 bits per heavy atom. The molecule has 1 fully saturated rings. The van der Waals surface area contributed by atoms with Gasteiger partial charge in [-0.2, -0.15) is 8.78 Å². The number of likely N-dealkylation sites (tertiary alicyclic amines) is 1. The average Bonchev–Trinajstić information content (AvgIpc) is 2.50. The molecule has 0 radical (unpaired) electrons. The molecule has 1 amide bonds. The molecule has 0 bridgehead atoms. The van der Waals surface area contributed by atoms with Gasteiger partial charge in [0, 0.05) is 19.5 Å². The highest BCUT2D eigenvalue weighted by Crippen LogP contribution is 2.37. The number of nitrogens with zero attached hydrogens (tertiary/aromatic N) is 1. The van der Waals surface area contributed by atoms with Crippen LogP contribution in [0.25, 0.3) is 0 Å². The quantitative estimate of drug-likeness (QED) is 0.813. The summed E-state index contributed by atoms with van der Waals surface area (Å²) >= 11 is 0. The molecular weight excluding hydrogens is 288 g/mol. The van der Waals surface area contributed by atoms with E-state index in [1.165, 1.54) is 4.90 Å². The van der Waals surface area contributed by atoms with Gasteiger partial charge in [0.15, 0.2) is 0 Å². The number of ether oxygens (including phenoxy) is 1. The van der Waals surface area contributed by atoms with Gasteiger partial charge in [-0.05, 0) is 33.6 Å². The predicted octanol–water partition coefficient (Wildman–Crippen LogP) is 1.86. The third-order valence-corrected chi connectivity index (χ3v) is 3.32. The summed E-state index contributed by atoms with van der Waals surface area (Å²) in [7, 11) is 0. The van der Waals surface area contributed by atoms with Crippen molar-refractivity contribution in [1.82, 2.24) is 4.90 Å². The first-order valence-electron chi connectivity index (χ1n) is 6.70. The van der Waals surface area contributed by atoms with E-state index >= 15 is 0 Å². The lowest BCUT2D eigenvalue weighted by molar-refractivity contribution is -0.211. The zero-order valence-electron chi connectivity index (χ0n) is 12.4. The van der Waals surface area contributed by atoms with Crippen LogP contribution in [0.1, 0.15) is 40.0 Å². The monoisotopic (exact) mass is 309 g/mol. The van der Waals surface area contributed by atoms with Crippen LogP contribution in [0.5, 0.6) is 0 Å². The number of hydrogen-bond acceptors (Lipinski definition) is 4. The SMILES string of the molecule is CC(C)(C)OC(=O)N1CCCC(O)(C(F)(F)C(=O)O)CC1. The number of aliphatic carboxylic acids is 1. The molecule has 0 aliphatic carbocycles. The highest BCUT2D eigenvalue weighted by Gasteiger charge is 2.58. The molecule has 1 rings (SSSR count). The van der Waals surface area contributed by atoms with Crippen LogP contribution in [0.4, 0.5) is 13.6 Å². The minimum absolute atomic E-state index is 0.0681. The van der Waals surface area contributed by atoms with Crippen molar-refractivity contribution in [2.45, 2.75) is 57.2 Å². The minimum Gasteiger partial charge on any atom is -0.477 e. The number of rotatable bonds is 2. The lowest BCUT2D eigenvalue weighted by Gasteiger charge is -2.32. The van der Waals surface area contributed by atoms with Crippen molar-refractivity contribution in [1.29, 1.82) is 0 Å². The Hall–Kier alpha value is -1.44. The van der Waals surface area contributed by atoms with Crippen LogP contribution in [0.2, 0.25) is 0 Å². The standard InChI is InChI=1S/C13H21F2NO5/c1-11(2,3)21-10(19)16-7-4-5-12(20,6-8-16)13(14,15)9(17)18/h20H,4-8H2,1-3H3,(H,17,18). The first kappa shape index (κ1) is 17.6. The molecular formula is C13H21F2NO5. The largest absolute Gasteiger partial charge is 0.477 e. The molecule has 2 N–H and O–H groups in total. The fourth-order valence-electron chi connectivity index (χ4n) is 2.14. The van der Waals surface area contributed by atoms with Gasteiger partial charge in [-0.25, -0.2) is 9.59 Å². The van der Waals surface area contributed by atoms with Crippen LogP contribution in [-0.4, -0.2) is 57.4 Å². The number of halogens is 2. The molecule has 1 saturated heterocycles. The Kier molecular flexibility index (Phi) is 4.82. The van der Waals surface area contributed by atoms with Crippen LogP contribution < -0.4 is 0 Å². The van der Waals surface area contributed by atoms with Gasteiger partial charge in [0.05, 0.1) is 0 Å². The Bertz CT molecular complexity index is 421. The number of hydrogen-bond donors (Lipinski definition) is 2. The van der Waals surface area contributed by atoms with Crippen molar-refractivity contribution < 1.29 is 33.3 Å². The number of carbonyl (C=O) groups is 2. The summed E-state index contributed by atoms with van der Waals surface area (Å²) < 4.78 is 32.4. The molecule has 0 aromatic rings. The molecule has 0 saturated carbocycles. The van der Waals surface area contributed by atoms with E-state index in [0.717, 1.165) is 0 Å². The Labute approximate surface area is 121 Å². The summed E-state index contributed by atoms with van der Waals surface area (Å²) in [5.41, 5.74) is -3.37. The Morgan fingerprint density at radius 2 is 1.76 bits per heavy atom. The maximum absolute atomic E-state index is 13.6. The van der Waals surface area contributed by atoms with Crippen LogP contribution in [0.15, 0.2) is 0 Å². The van der Waals surface area contributed by atoms with Crippen molar-refractivity contribution in [3.63, 3.8) is 0 Å². The number of aliphatic hydroxyl groups is 1. The second kappa shape index (κ2) is 5.75. The molecule has 0 spiro atoms. The van der Waals surface area contributed by atoms with Gasteiger partial charge in [0.25, 0.3) is 0 Å². The van der Waals surface area contributed by atoms with E-state index in [4.69, 9.17) is 9.84 Å². The second-order valence-electron chi connectivity index (χ2n) is 6.23. The molecule has 21 heavy (non-hydrogen) atoms. The van der Waals surface area contributed by atoms with Gasteiger partial charge in [-0.3, -0.25) is 0 Å². The predicted molar refractivity (Wildman–Crippen MR) is 69.2 cm³/mol. The van der Waals surface area contributed by atoms with Crippen molar-refractivity contribution in [2.24, 2.45) is 0 Å². The number of alkyl halides is 2. The number of carboxylic acid groups (broad SMARTS) is 1. The van der Waals surface area contributed by atoms with Gasteiger partial charge < -0.3 is 19.8 Å². The van der Waals surface area contributed by atoms with E-state index in [1.807, 2.05) is 0 Å². The summed E-state index contributed by atoms with van der Waals surface area (Å²) in [5, 5.41) is 18.5. The Balaban J connectivity index is 2.79. The van der Waals surface area contributed by atoms with Gasteiger partial charge in [0.2, 0.25) is 0 Å². The maximum Gasteiger partial charge on any atom is 0.410 e. The summed E-state index contributed by atoms with van der Waals surface area (Å²) in [6, 6.07) is 0. The third-order valence-electron chi connectivity index (χ3n) is 3.32. The lowest BCUT2D eigenvalue weighted by atomic mass is 9.88. The van der Waals surface area contributed by atoms with Crippen molar-refractivity contribution in [3.8, 4) is 0 Å². The normalized spacial score (nSPS) is 24.4. The molecule has 0 aromatic heterocycles. The van der Waals surface area contributed by atoms with E-state index in [0.29, 0.717) is 0 Å². The van der Waals surface area contributed by atoms with Gasteiger partial charge in [-0.1, -0.05) is 0 Å². The first-order chi connectivity index (χ1) is 9.39. The fourth-order valence-corrected chi connectivity index (χ4v) is 2.14. The van der Waals surface area contributed by atoms with E-state index in [2.05, 4.69) is 0 Å². The minimum atomic E-state index is -4.25. The van der Waals surface area contributed by atoms with E-state index < -0.39 is 42.0 Å². The molecule has 6 nitrogen and oxygen atoms in total. The zero-order valence-corrected chi connectivity index (χ0v) is 12.4. The summed E-state index contributed by atoms with van der Waals surface area (Å²) in [6.07, 6.45) is -1.51. The molecule has 1 unspecified atom stereocenters. The molecule has 1 aliphatic heterocycles. The lowest BCUT2D eigenvalue weighted by Crippen LogP contribution is -2.53. The fraction of sp³-hybridized carbons (Fsp3) is 0.846. The first-order valence-corrected chi connectivity index (χ1v) is 6.70. The van der Waals surface area contributed by atoms with E-state index in [9.17, 15) is 23.5 Å². The number of carboxylic acids is 1. The van der Waals surface area contributed by atoms with Crippen molar-refractivity contribution in [3.05, 3.63) is 0 Å². The smallest absolute Gasteiger partial charge is 0.410 e. The second-order valence-corrected chi connectivity index (χ2v) is 6.23. The van der Waals surface area contributed by atoms with Crippen molar-refractivity contribution in [2.75, 3.05) is 13.1 Å². The van der Waals surface area contributed by atoms with Gasteiger partial charge >= 0.3 is 18.0 Å². The molecule has 1 heterocycles. The Morgan fingerprint density at radius 3 is 2.24 bits per heavy atom. The summed E-state index contributed by atoms with van der Waals surface area (Å²) in [6.45, 7) is 4.98. The van der Waals surface area contributed by atoms with Crippen LogP contribution >= 0.6 is 0 Å². The summed E-state index contributed by atoms with van der Waals surface area (Å²) in [5.74, 6) is -6.62.